The minimum Gasteiger partial charge on any atom is -0.454 e. The van der Waals surface area contributed by atoms with Crippen molar-refractivity contribution >= 4 is 65.3 Å². The molecule has 0 amide bonds. The topological polar surface area (TPSA) is 56.7 Å². The average Bonchev–Trinajstić information content (AvgIpc) is 3.86. The van der Waals surface area contributed by atoms with Crippen molar-refractivity contribution in [2.45, 2.75) is 0 Å². The Bertz CT molecular complexity index is 3560. The Morgan fingerprint density at radius 1 is 0.379 bits per heavy atom. The maximum Gasteiger partial charge on any atom is 0.164 e. The van der Waals surface area contributed by atoms with E-state index in [2.05, 4.69) is 180 Å². The number of rotatable bonds is 5. The van der Waals surface area contributed by atoms with Gasteiger partial charge in [-0.3, -0.25) is 0 Å². The molecule has 0 aliphatic heterocycles. The first-order valence-electron chi connectivity index (χ1n) is 19.5. The molecule has 9 aromatic carbocycles. The quantitative estimate of drug-likeness (QED) is 0.176. The Hall–Kier alpha value is -7.89. The van der Waals surface area contributed by atoms with E-state index < -0.39 is 0 Å². The third-order valence-corrected chi connectivity index (χ3v) is 11.4. The Labute approximate surface area is 333 Å². The number of hydrogen-bond acceptors (Lipinski definition) is 4. The van der Waals surface area contributed by atoms with Crippen LogP contribution in [0.4, 0.5) is 0 Å². The zero-order valence-electron chi connectivity index (χ0n) is 31.2. The molecule has 0 bridgehead atoms. The molecule has 5 heteroatoms. The summed E-state index contributed by atoms with van der Waals surface area (Å²) >= 11 is 0. The van der Waals surface area contributed by atoms with Crippen molar-refractivity contribution in [1.82, 2.24) is 19.5 Å². The lowest BCUT2D eigenvalue weighted by molar-refractivity contribution is 0.666. The summed E-state index contributed by atoms with van der Waals surface area (Å²) in [5.74, 6) is 1.80. The van der Waals surface area contributed by atoms with Crippen LogP contribution in [0.3, 0.4) is 0 Å². The van der Waals surface area contributed by atoms with Gasteiger partial charge in [-0.05, 0) is 51.6 Å². The number of benzene rings is 9. The minimum absolute atomic E-state index is 0.585. The monoisotopic (exact) mass is 740 g/mol. The van der Waals surface area contributed by atoms with E-state index in [9.17, 15) is 0 Å². The highest BCUT2D eigenvalue weighted by atomic mass is 16.3. The standard InChI is InChI=1S/C53H32N4O/c1-2-12-33(13-3-1)35-24-27-37(28-25-35)51-54-52(39-29-26-34-14-4-5-16-38(34)32-39)56-53(55-51)44-20-11-23-47-48(44)43-19-10-22-46(50(43)58-47)57-45-21-9-8-18-41(45)42-31-30-36-15-6-7-17-40(36)49(42)57/h1-32H. The van der Waals surface area contributed by atoms with E-state index in [1.165, 1.54) is 26.9 Å². The predicted molar refractivity (Wildman–Crippen MR) is 238 cm³/mol. The molecule has 3 heterocycles. The molecule has 0 unspecified atom stereocenters. The molecular weight excluding hydrogens is 709 g/mol. The number of hydrogen-bond donors (Lipinski definition) is 0. The van der Waals surface area contributed by atoms with Crippen LogP contribution >= 0.6 is 0 Å². The first-order valence-corrected chi connectivity index (χ1v) is 19.5. The Kier molecular flexibility index (Phi) is 7.16. The van der Waals surface area contributed by atoms with Gasteiger partial charge < -0.3 is 8.98 Å². The van der Waals surface area contributed by atoms with Crippen LogP contribution < -0.4 is 0 Å². The summed E-state index contributed by atoms with van der Waals surface area (Å²) in [6.07, 6.45) is 0. The van der Waals surface area contributed by atoms with E-state index in [1.54, 1.807) is 0 Å². The molecule has 12 rings (SSSR count). The van der Waals surface area contributed by atoms with Gasteiger partial charge in [0.1, 0.15) is 5.58 Å². The van der Waals surface area contributed by atoms with Gasteiger partial charge in [-0.1, -0.05) is 170 Å². The molecule has 5 nitrogen and oxygen atoms in total. The summed E-state index contributed by atoms with van der Waals surface area (Å²) in [7, 11) is 0. The van der Waals surface area contributed by atoms with Gasteiger partial charge >= 0.3 is 0 Å². The van der Waals surface area contributed by atoms with Crippen LogP contribution in [0.5, 0.6) is 0 Å². The van der Waals surface area contributed by atoms with Crippen LogP contribution in [0.2, 0.25) is 0 Å². The van der Waals surface area contributed by atoms with E-state index in [1.807, 2.05) is 18.2 Å². The van der Waals surface area contributed by atoms with Gasteiger partial charge in [0.05, 0.1) is 16.7 Å². The molecule has 270 valence electrons. The minimum atomic E-state index is 0.585. The first-order chi connectivity index (χ1) is 28.7. The largest absolute Gasteiger partial charge is 0.454 e. The lowest BCUT2D eigenvalue weighted by atomic mass is 10.0. The van der Waals surface area contributed by atoms with Gasteiger partial charge in [-0.25, -0.2) is 15.0 Å². The fourth-order valence-corrected chi connectivity index (χ4v) is 8.70. The van der Waals surface area contributed by atoms with Crippen LogP contribution in [0.15, 0.2) is 199 Å². The zero-order chi connectivity index (χ0) is 38.2. The summed E-state index contributed by atoms with van der Waals surface area (Å²) < 4.78 is 9.29. The number of fused-ring (bicyclic) bond motifs is 9. The molecule has 12 aromatic rings. The number of aromatic nitrogens is 4. The van der Waals surface area contributed by atoms with Gasteiger partial charge in [0.25, 0.3) is 0 Å². The van der Waals surface area contributed by atoms with Crippen molar-refractivity contribution in [1.29, 1.82) is 0 Å². The fraction of sp³-hybridized carbons (Fsp3) is 0. The third kappa shape index (κ3) is 5.07. The van der Waals surface area contributed by atoms with Gasteiger partial charge in [-0.15, -0.1) is 0 Å². The molecule has 0 saturated heterocycles. The Morgan fingerprint density at radius 3 is 1.86 bits per heavy atom. The fourth-order valence-electron chi connectivity index (χ4n) is 8.70. The maximum absolute atomic E-state index is 6.92. The summed E-state index contributed by atoms with van der Waals surface area (Å²) in [5.41, 5.74) is 9.86. The number of nitrogens with zero attached hydrogens (tertiary/aromatic N) is 4. The van der Waals surface area contributed by atoms with Gasteiger partial charge in [0.15, 0.2) is 23.1 Å². The molecule has 0 aliphatic rings. The lowest BCUT2D eigenvalue weighted by Gasteiger charge is -2.11. The second-order valence-corrected chi connectivity index (χ2v) is 14.8. The number of para-hydroxylation sites is 2. The number of furan rings is 1. The highest BCUT2D eigenvalue weighted by Gasteiger charge is 2.22. The summed E-state index contributed by atoms with van der Waals surface area (Å²) in [4.78, 5) is 15.6. The molecule has 0 saturated carbocycles. The van der Waals surface area contributed by atoms with Gasteiger partial charge in [0, 0.05) is 43.6 Å². The maximum atomic E-state index is 6.92. The molecular formula is C53H32N4O. The van der Waals surface area contributed by atoms with Crippen LogP contribution in [-0.2, 0) is 0 Å². The first kappa shape index (κ1) is 32.4. The molecule has 0 fully saturated rings. The van der Waals surface area contributed by atoms with Crippen molar-refractivity contribution in [3.05, 3.63) is 194 Å². The van der Waals surface area contributed by atoms with Crippen LogP contribution in [0.1, 0.15) is 0 Å². The molecule has 0 aliphatic carbocycles. The Balaban J connectivity index is 1.09. The molecule has 0 N–H and O–H groups in total. The van der Waals surface area contributed by atoms with E-state index in [-0.39, 0.29) is 0 Å². The summed E-state index contributed by atoms with van der Waals surface area (Å²) in [6.45, 7) is 0. The molecule has 58 heavy (non-hydrogen) atoms. The highest BCUT2D eigenvalue weighted by Crippen LogP contribution is 2.42. The van der Waals surface area contributed by atoms with E-state index in [0.29, 0.717) is 17.5 Å². The van der Waals surface area contributed by atoms with Gasteiger partial charge in [-0.2, -0.15) is 0 Å². The van der Waals surface area contributed by atoms with Crippen molar-refractivity contribution < 1.29 is 4.42 Å². The van der Waals surface area contributed by atoms with Crippen LogP contribution in [-0.4, -0.2) is 19.5 Å². The van der Waals surface area contributed by atoms with E-state index >= 15 is 0 Å². The molecule has 0 radical (unpaired) electrons. The SMILES string of the molecule is c1ccc(-c2ccc(-c3nc(-c4ccc5ccccc5c4)nc(-c4cccc5oc6c(-n7c8ccccc8c8ccc9ccccc9c87)cccc6c45)n3)cc2)cc1. The second kappa shape index (κ2) is 12.8. The Morgan fingerprint density at radius 2 is 1.00 bits per heavy atom. The summed E-state index contributed by atoms with van der Waals surface area (Å²) in [6, 6.07) is 67.9. The van der Waals surface area contributed by atoms with Crippen molar-refractivity contribution in [3.63, 3.8) is 0 Å². The van der Waals surface area contributed by atoms with Crippen molar-refractivity contribution in [2.75, 3.05) is 0 Å². The predicted octanol–water partition coefficient (Wildman–Crippen LogP) is 13.8. The van der Waals surface area contributed by atoms with Crippen molar-refractivity contribution in [2.24, 2.45) is 0 Å². The van der Waals surface area contributed by atoms with Crippen LogP contribution in [0, 0.1) is 0 Å². The molecule has 3 aromatic heterocycles. The molecule has 0 atom stereocenters. The van der Waals surface area contributed by atoms with Gasteiger partial charge in [0.2, 0.25) is 0 Å². The van der Waals surface area contributed by atoms with Crippen LogP contribution in [0.25, 0.3) is 116 Å². The van der Waals surface area contributed by atoms with Crippen molar-refractivity contribution in [3.8, 4) is 51.0 Å². The normalized spacial score (nSPS) is 11.8. The second-order valence-electron chi connectivity index (χ2n) is 14.8. The summed E-state index contributed by atoms with van der Waals surface area (Å²) in [5, 5.41) is 9.05. The smallest absolute Gasteiger partial charge is 0.164 e. The molecule has 0 spiro atoms. The van der Waals surface area contributed by atoms with E-state index in [0.717, 1.165) is 71.9 Å². The highest BCUT2D eigenvalue weighted by molar-refractivity contribution is 6.20. The third-order valence-electron chi connectivity index (χ3n) is 11.4. The zero-order valence-corrected chi connectivity index (χ0v) is 31.2. The van der Waals surface area contributed by atoms with E-state index in [4.69, 9.17) is 19.4 Å². The lowest BCUT2D eigenvalue weighted by Crippen LogP contribution is -2.00. The average molecular weight is 741 g/mol.